The van der Waals surface area contributed by atoms with Crippen LogP contribution < -0.4 is 0 Å². The van der Waals surface area contributed by atoms with Gasteiger partial charge in [0.25, 0.3) is 0 Å². The van der Waals surface area contributed by atoms with E-state index in [1.807, 2.05) is 0 Å². The predicted molar refractivity (Wildman–Crippen MR) is 53.9 cm³/mol. The fraction of sp³-hybridized carbons (Fsp3) is 0.182. The first kappa shape index (κ1) is 10.5. The molecule has 0 spiro atoms. The molecule has 0 unspecified atom stereocenters. The highest BCUT2D eigenvalue weighted by atomic mass is 16.5. The highest BCUT2D eigenvalue weighted by molar-refractivity contribution is 5.89. The molecule has 0 heterocycles. The lowest BCUT2D eigenvalue weighted by atomic mass is 10.1. The van der Waals surface area contributed by atoms with Gasteiger partial charge in [0.1, 0.15) is 0 Å². The summed E-state index contributed by atoms with van der Waals surface area (Å²) in [5.41, 5.74) is 1.46. The van der Waals surface area contributed by atoms with Gasteiger partial charge in [-0.2, -0.15) is 0 Å². The lowest BCUT2D eigenvalue weighted by molar-refractivity contribution is 0.0601. The second-order valence-corrected chi connectivity index (χ2v) is 2.70. The molecule has 1 aromatic rings. The molecule has 0 aliphatic rings. The molecule has 1 N–H and O–H groups in total. The molecule has 3 heteroatoms. The normalized spacial score (nSPS) is 10.4. The van der Waals surface area contributed by atoms with Crippen LogP contribution in [0.3, 0.4) is 0 Å². The molecule has 3 nitrogen and oxygen atoms in total. The van der Waals surface area contributed by atoms with E-state index in [1.165, 1.54) is 7.11 Å². The summed E-state index contributed by atoms with van der Waals surface area (Å²) < 4.78 is 4.56. The monoisotopic (exact) mass is 192 g/mol. The molecule has 0 saturated heterocycles. The van der Waals surface area contributed by atoms with E-state index in [9.17, 15) is 4.79 Å². The minimum Gasteiger partial charge on any atom is -0.465 e. The van der Waals surface area contributed by atoms with Crippen molar-refractivity contribution in [1.29, 1.82) is 0 Å². The molecule has 0 aliphatic heterocycles. The Balaban J connectivity index is 2.78. The van der Waals surface area contributed by atoms with Gasteiger partial charge in [0, 0.05) is 0 Å². The highest BCUT2D eigenvalue weighted by Crippen LogP contribution is 2.06. The third kappa shape index (κ3) is 2.71. The molecule has 14 heavy (non-hydrogen) atoms. The molecule has 0 aromatic heterocycles. The van der Waals surface area contributed by atoms with Crippen LogP contribution in [0.1, 0.15) is 15.9 Å². The fourth-order valence-electron chi connectivity index (χ4n) is 1.04. The Hall–Kier alpha value is -1.61. The molecular weight excluding hydrogens is 180 g/mol. The minimum absolute atomic E-state index is 0.0127. The van der Waals surface area contributed by atoms with Crippen molar-refractivity contribution in [1.82, 2.24) is 0 Å². The molecule has 0 saturated carbocycles. The molecular formula is C11H12O3. The smallest absolute Gasteiger partial charge is 0.337 e. The summed E-state index contributed by atoms with van der Waals surface area (Å²) >= 11 is 0. The fourth-order valence-corrected chi connectivity index (χ4v) is 1.04. The SMILES string of the molecule is COC(=O)c1ccc(/C=C/CO)cc1. The third-order valence-electron chi connectivity index (χ3n) is 1.75. The summed E-state index contributed by atoms with van der Waals surface area (Å²) in [5.74, 6) is -0.345. The first-order chi connectivity index (χ1) is 6.77. The maximum absolute atomic E-state index is 11.1. The van der Waals surface area contributed by atoms with Gasteiger partial charge in [-0.25, -0.2) is 4.79 Å². The van der Waals surface area contributed by atoms with Gasteiger partial charge < -0.3 is 9.84 Å². The maximum atomic E-state index is 11.1. The van der Waals surface area contributed by atoms with Crippen LogP contribution in [0.25, 0.3) is 6.08 Å². The van der Waals surface area contributed by atoms with E-state index in [0.717, 1.165) is 5.56 Å². The first-order valence-electron chi connectivity index (χ1n) is 4.23. The van der Waals surface area contributed by atoms with Crippen LogP contribution in [0.5, 0.6) is 0 Å². The zero-order valence-electron chi connectivity index (χ0n) is 7.93. The van der Waals surface area contributed by atoms with Gasteiger partial charge >= 0.3 is 5.97 Å². The lowest BCUT2D eigenvalue weighted by Gasteiger charge is -1.98. The average Bonchev–Trinajstić information content (AvgIpc) is 2.26. The van der Waals surface area contributed by atoms with Crippen LogP contribution in [-0.4, -0.2) is 24.8 Å². The topological polar surface area (TPSA) is 46.5 Å². The van der Waals surface area contributed by atoms with Crippen molar-refractivity contribution in [3.05, 3.63) is 41.5 Å². The number of aliphatic hydroxyl groups excluding tert-OH is 1. The van der Waals surface area contributed by atoms with Crippen LogP contribution in [0.2, 0.25) is 0 Å². The van der Waals surface area contributed by atoms with Crippen LogP contribution in [-0.2, 0) is 4.74 Å². The molecule has 0 bridgehead atoms. The second kappa shape index (κ2) is 5.19. The molecule has 0 amide bonds. The molecule has 0 radical (unpaired) electrons. The van der Waals surface area contributed by atoms with Crippen LogP contribution >= 0.6 is 0 Å². The zero-order valence-corrected chi connectivity index (χ0v) is 7.93. The maximum Gasteiger partial charge on any atom is 0.337 e. The van der Waals surface area contributed by atoms with E-state index in [-0.39, 0.29) is 12.6 Å². The number of benzene rings is 1. The van der Waals surface area contributed by atoms with Gasteiger partial charge in [0.15, 0.2) is 0 Å². The van der Waals surface area contributed by atoms with Crippen molar-refractivity contribution in [3.8, 4) is 0 Å². The number of aliphatic hydroxyl groups is 1. The third-order valence-corrected chi connectivity index (χ3v) is 1.75. The summed E-state index contributed by atoms with van der Waals surface area (Å²) in [5, 5.41) is 8.55. The summed E-state index contributed by atoms with van der Waals surface area (Å²) in [6.45, 7) is 0.0127. The Kier molecular flexibility index (Phi) is 3.88. The molecule has 1 aromatic carbocycles. The van der Waals surface area contributed by atoms with Gasteiger partial charge in [-0.05, 0) is 17.7 Å². The van der Waals surface area contributed by atoms with E-state index in [2.05, 4.69) is 4.74 Å². The number of hydrogen-bond acceptors (Lipinski definition) is 3. The first-order valence-corrected chi connectivity index (χ1v) is 4.23. The van der Waals surface area contributed by atoms with Crippen LogP contribution in [0, 0.1) is 0 Å². The number of carbonyl (C=O) groups is 1. The predicted octanol–water partition coefficient (Wildman–Crippen LogP) is 1.48. The molecule has 0 fully saturated rings. The summed E-state index contributed by atoms with van der Waals surface area (Å²) in [4.78, 5) is 11.1. The van der Waals surface area contributed by atoms with E-state index in [4.69, 9.17) is 5.11 Å². The quantitative estimate of drug-likeness (QED) is 0.738. The highest BCUT2D eigenvalue weighted by Gasteiger charge is 2.02. The van der Waals surface area contributed by atoms with Crippen molar-refractivity contribution in [2.24, 2.45) is 0 Å². The van der Waals surface area contributed by atoms with Gasteiger partial charge in [0.2, 0.25) is 0 Å². The van der Waals surface area contributed by atoms with E-state index in [0.29, 0.717) is 5.56 Å². The summed E-state index contributed by atoms with van der Waals surface area (Å²) in [6.07, 6.45) is 3.41. The Bertz CT molecular complexity index is 325. The van der Waals surface area contributed by atoms with Crippen molar-refractivity contribution < 1.29 is 14.6 Å². The Morgan fingerprint density at radius 1 is 1.43 bits per heavy atom. The van der Waals surface area contributed by atoms with Gasteiger partial charge in [0.05, 0.1) is 19.3 Å². The van der Waals surface area contributed by atoms with Crippen LogP contribution in [0.15, 0.2) is 30.3 Å². The number of rotatable bonds is 3. The molecule has 1 rings (SSSR count). The Morgan fingerprint density at radius 3 is 2.57 bits per heavy atom. The molecule has 0 aliphatic carbocycles. The largest absolute Gasteiger partial charge is 0.465 e. The Morgan fingerprint density at radius 2 is 2.07 bits per heavy atom. The standard InChI is InChI=1S/C11H12O3/c1-14-11(13)10-6-4-9(5-7-10)3-2-8-12/h2-7,12H,8H2,1H3/b3-2+. The average molecular weight is 192 g/mol. The van der Waals surface area contributed by atoms with Gasteiger partial charge in [-0.15, -0.1) is 0 Å². The van der Waals surface area contributed by atoms with Crippen molar-refractivity contribution in [3.63, 3.8) is 0 Å². The Labute approximate surface area is 82.6 Å². The number of ether oxygens (including phenoxy) is 1. The van der Waals surface area contributed by atoms with E-state index < -0.39 is 0 Å². The van der Waals surface area contributed by atoms with E-state index >= 15 is 0 Å². The number of hydrogen-bond donors (Lipinski definition) is 1. The summed E-state index contributed by atoms with van der Waals surface area (Å²) in [7, 11) is 1.35. The number of methoxy groups -OCH3 is 1. The van der Waals surface area contributed by atoms with Crippen molar-refractivity contribution in [2.75, 3.05) is 13.7 Å². The molecule has 74 valence electrons. The minimum atomic E-state index is -0.345. The van der Waals surface area contributed by atoms with Crippen LogP contribution in [0.4, 0.5) is 0 Å². The number of carbonyl (C=O) groups excluding carboxylic acids is 1. The second-order valence-electron chi connectivity index (χ2n) is 2.70. The zero-order chi connectivity index (χ0) is 10.4. The summed E-state index contributed by atoms with van der Waals surface area (Å²) in [6, 6.07) is 6.95. The van der Waals surface area contributed by atoms with Gasteiger partial charge in [-0.3, -0.25) is 0 Å². The van der Waals surface area contributed by atoms with E-state index in [1.54, 1.807) is 36.4 Å². The van der Waals surface area contributed by atoms with Gasteiger partial charge in [-0.1, -0.05) is 24.3 Å². The number of esters is 1. The molecule has 0 atom stereocenters. The lowest BCUT2D eigenvalue weighted by Crippen LogP contribution is -2.00. The van der Waals surface area contributed by atoms with Crippen molar-refractivity contribution in [2.45, 2.75) is 0 Å². The van der Waals surface area contributed by atoms with Crippen molar-refractivity contribution >= 4 is 12.0 Å².